The van der Waals surface area contributed by atoms with Crippen LogP contribution in [0.5, 0.6) is 0 Å². The number of methoxy groups -OCH3 is 1. The van der Waals surface area contributed by atoms with Gasteiger partial charge in [0.1, 0.15) is 5.58 Å². The Morgan fingerprint density at radius 3 is 2.32 bits per heavy atom. The third kappa shape index (κ3) is 3.30. The van der Waals surface area contributed by atoms with Gasteiger partial charge in [0.15, 0.2) is 5.43 Å². The van der Waals surface area contributed by atoms with Crippen molar-refractivity contribution in [1.82, 2.24) is 0 Å². The van der Waals surface area contributed by atoms with Crippen molar-refractivity contribution < 1.29 is 18.7 Å². The van der Waals surface area contributed by atoms with E-state index < -0.39 is 12.0 Å². The molecule has 1 aromatic heterocycles. The molecular weight excluding hydrogens is 430 g/mol. The van der Waals surface area contributed by atoms with Gasteiger partial charge in [-0.05, 0) is 79.4 Å². The molecule has 3 aromatic carbocycles. The molecule has 1 amide bonds. The molecule has 0 saturated heterocycles. The Balaban J connectivity index is 1.78. The Hall–Kier alpha value is -4.19. The molecule has 0 radical (unpaired) electrons. The molecule has 6 nitrogen and oxygen atoms in total. The van der Waals surface area contributed by atoms with E-state index in [0.717, 1.165) is 16.7 Å². The monoisotopic (exact) mass is 453 g/mol. The molecule has 6 heteroatoms. The fourth-order valence-electron chi connectivity index (χ4n) is 4.51. The molecule has 0 bridgehead atoms. The van der Waals surface area contributed by atoms with E-state index >= 15 is 0 Å². The van der Waals surface area contributed by atoms with Crippen molar-refractivity contribution in [3.63, 3.8) is 0 Å². The Bertz CT molecular complexity index is 1530. The minimum atomic E-state index is -0.696. The number of carbonyl (C=O) groups is 2. The zero-order chi connectivity index (χ0) is 24.1. The van der Waals surface area contributed by atoms with E-state index in [1.165, 1.54) is 7.11 Å². The smallest absolute Gasteiger partial charge is 0.337 e. The Labute approximate surface area is 196 Å². The number of fused-ring (bicyclic) bond motifs is 2. The number of esters is 1. The van der Waals surface area contributed by atoms with Crippen LogP contribution in [0.15, 0.2) is 69.9 Å². The van der Waals surface area contributed by atoms with Gasteiger partial charge < -0.3 is 9.15 Å². The third-order valence-corrected chi connectivity index (χ3v) is 6.41. The lowest BCUT2D eigenvalue weighted by molar-refractivity contribution is 0.0600. The summed E-state index contributed by atoms with van der Waals surface area (Å²) in [7, 11) is 1.32. The highest BCUT2D eigenvalue weighted by atomic mass is 16.5. The van der Waals surface area contributed by atoms with Gasteiger partial charge in [-0.2, -0.15) is 0 Å². The molecule has 5 rings (SSSR count). The van der Waals surface area contributed by atoms with Gasteiger partial charge in [-0.1, -0.05) is 24.3 Å². The number of hydrogen-bond donors (Lipinski definition) is 0. The summed E-state index contributed by atoms with van der Waals surface area (Å²) >= 11 is 0. The lowest BCUT2D eigenvalue weighted by atomic mass is 9.96. The minimum absolute atomic E-state index is 0.0457. The highest BCUT2D eigenvalue weighted by Crippen LogP contribution is 2.41. The van der Waals surface area contributed by atoms with Gasteiger partial charge in [0, 0.05) is 5.69 Å². The summed E-state index contributed by atoms with van der Waals surface area (Å²) in [6, 6.07) is 17.2. The Kier molecular flexibility index (Phi) is 5.09. The number of carbonyl (C=O) groups excluding carboxylic acids is 2. The minimum Gasteiger partial charge on any atom is -0.465 e. The van der Waals surface area contributed by atoms with Gasteiger partial charge in [0.2, 0.25) is 5.76 Å². The molecule has 2 heterocycles. The standard InChI is InChI=1S/C28H23NO5/c1-15-6-5-7-20(12-15)29-24(18-8-10-19(11-9-18)28(32)33-4)23-25(30)21-13-16(2)17(3)14-22(21)34-26(23)27(29)31/h5-14,24H,1-4H3. The molecule has 0 spiro atoms. The van der Waals surface area contributed by atoms with Gasteiger partial charge in [-0.15, -0.1) is 0 Å². The third-order valence-electron chi connectivity index (χ3n) is 6.41. The summed E-state index contributed by atoms with van der Waals surface area (Å²) in [5.41, 5.74) is 5.13. The van der Waals surface area contributed by atoms with Gasteiger partial charge in [-0.25, -0.2) is 4.79 Å². The topological polar surface area (TPSA) is 76.8 Å². The molecule has 1 aliphatic rings. The van der Waals surface area contributed by atoms with Crippen LogP contribution in [-0.2, 0) is 4.74 Å². The first-order chi connectivity index (χ1) is 16.3. The highest BCUT2D eigenvalue weighted by Gasteiger charge is 2.43. The second-order valence-corrected chi connectivity index (χ2v) is 8.64. The van der Waals surface area contributed by atoms with Crippen molar-refractivity contribution in [3.05, 3.63) is 110 Å². The molecule has 0 N–H and O–H groups in total. The molecular formula is C28H23NO5. The number of benzene rings is 3. The van der Waals surface area contributed by atoms with Gasteiger partial charge >= 0.3 is 5.97 Å². The first-order valence-electron chi connectivity index (χ1n) is 11.0. The van der Waals surface area contributed by atoms with E-state index in [1.54, 1.807) is 35.2 Å². The van der Waals surface area contributed by atoms with Crippen LogP contribution in [0.1, 0.15) is 54.8 Å². The van der Waals surface area contributed by atoms with E-state index in [-0.39, 0.29) is 17.1 Å². The largest absolute Gasteiger partial charge is 0.465 e. The van der Waals surface area contributed by atoms with E-state index in [0.29, 0.717) is 33.3 Å². The molecule has 1 atom stereocenters. The zero-order valence-corrected chi connectivity index (χ0v) is 19.3. The van der Waals surface area contributed by atoms with Crippen LogP contribution in [0.4, 0.5) is 5.69 Å². The number of amides is 1. The lowest BCUT2D eigenvalue weighted by Crippen LogP contribution is -2.29. The van der Waals surface area contributed by atoms with Crippen molar-refractivity contribution in [2.45, 2.75) is 26.8 Å². The van der Waals surface area contributed by atoms with Crippen LogP contribution in [0.3, 0.4) is 0 Å². The van der Waals surface area contributed by atoms with Crippen molar-refractivity contribution in [2.75, 3.05) is 12.0 Å². The van der Waals surface area contributed by atoms with Crippen LogP contribution in [0.25, 0.3) is 11.0 Å². The predicted molar refractivity (Wildman–Crippen MR) is 130 cm³/mol. The maximum absolute atomic E-state index is 13.8. The van der Waals surface area contributed by atoms with Crippen molar-refractivity contribution in [2.24, 2.45) is 0 Å². The molecule has 4 aromatic rings. The first kappa shape index (κ1) is 21.6. The summed E-state index contributed by atoms with van der Waals surface area (Å²) in [6.45, 7) is 5.82. The van der Waals surface area contributed by atoms with E-state index in [4.69, 9.17) is 9.15 Å². The second-order valence-electron chi connectivity index (χ2n) is 8.64. The molecule has 0 saturated carbocycles. The number of hydrogen-bond acceptors (Lipinski definition) is 5. The van der Waals surface area contributed by atoms with Crippen molar-refractivity contribution in [3.8, 4) is 0 Å². The number of ether oxygens (including phenoxy) is 1. The van der Waals surface area contributed by atoms with Crippen LogP contribution in [0.2, 0.25) is 0 Å². The highest BCUT2D eigenvalue weighted by molar-refractivity contribution is 6.10. The number of aryl methyl sites for hydroxylation is 3. The van der Waals surface area contributed by atoms with E-state index in [2.05, 4.69) is 0 Å². The number of nitrogens with zero attached hydrogens (tertiary/aromatic N) is 1. The molecule has 0 aliphatic carbocycles. The second kappa shape index (κ2) is 7.99. The quantitative estimate of drug-likeness (QED) is 0.396. The normalized spacial score (nSPS) is 15.0. The number of rotatable bonds is 3. The van der Waals surface area contributed by atoms with Crippen LogP contribution in [-0.4, -0.2) is 19.0 Å². The molecule has 1 unspecified atom stereocenters. The number of anilines is 1. The zero-order valence-electron chi connectivity index (χ0n) is 19.3. The van der Waals surface area contributed by atoms with E-state index in [9.17, 15) is 14.4 Å². The average Bonchev–Trinajstić information content (AvgIpc) is 3.12. The SMILES string of the molecule is COC(=O)c1ccc(C2c3c(oc4cc(C)c(C)cc4c3=O)C(=O)N2c2cccc(C)c2)cc1. The summed E-state index contributed by atoms with van der Waals surface area (Å²) in [5.74, 6) is -0.787. The molecule has 0 fully saturated rings. The summed E-state index contributed by atoms with van der Waals surface area (Å²) in [6.07, 6.45) is 0. The van der Waals surface area contributed by atoms with Crippen molar-refractivity contribution >= 4 is 28.5 Å². The van der Waals surface area contributed by atoms with E-state index in [1.807, 2.05) is 51.1 Å². The van der Waals surface area contributed by atoms with Crippen LogP contribution in [0, 0.1) is 20.8 Å². The van der Waals surface area contributed by atoms with Crippen LogP contribution >= 0.6 is 0 Å². The fourth-order valence-corrected chi connectivity index (χ4v) is 4.51. The summed E-state index contributed by atoms with van der Waals surface area (Å²) < 4.78 is 10.9. The van der Waals surface area contributed by atoms with Gasteiger partial charge in [0.05, 0.1) is 29.7 Å². The van der Waals surface area contributed by atoms with Crippen molar-refractivity contribution in [1.29, 1.82) is 0 Å². The lowest BCUT2D eigenvalue weighted by Gasteiger charge is -2.25. The maximum atomic E-state index is 13.8. The summed E-state index contributed by atoms with van der Waals surface area (Å²) in [4.78, 5) is 41.0. The maximum Gasteiger partial charge on any atom is 0.337 e. The predicted octanol–water partition coefficient (Wildman–Crippen LogP) is 5.25. The molecule has 34 heavy (non-hydrogen) atoms. The molecule has 170 valence electrons. The Morgan fingerprint density at radius 1 is 0.941 bits per heavy atom. The molecule has 1 aliphatic heterocycles. The fraction of sp³-hybridized carbons (Fsp3) is 0.179. The summed E-state index contributed by atoms with van der Waals surface area (Å²) in [5, 5.41) is 0.442. The Morgan fingerprint density at radius 2 is 1.65 bits per heavy atom. The van der Waals surface area contributed by atoms with Gasteiger partial charge in [0.25, 0.3) is 5.91 Å². The first-order valence-corrected chi connectivity index (χ1v) is 11.0. The average molecular weight is 453 g/mol. The van der Waals surface area contributed by atoms with Crippen LogP contribution < -0.4 is 10.3 Å². The van der Waals surface area contributed by atoms with Gasteiger partial charge in [-0.3, -0.25) is 14.5 Å².